The van der Waals surface area contributed by atoms with Crippen molar-refractivity contribution in [3.05, 3.63) is 42.1 Å². The molecule has 0 radical (unpaired) electrons. The van der Waals surface area contributed by atoms with Crippen LogP contribution in [0.2, 0.25) is 0 Å². The van der Waals surface area contributed by atoms with Gasteiger partial charge in [0.05, 0.1) is 5.69 Å². The van der Waals surface area contributed by atoms with Gasteiger partial charge < -0.3 is 5.11 Å². The van der Waals surface area contributed by atoms with E-state index < -0.39 is 17.6 Å². The number of hydrogen-bond donors (Lipinski definition) is 1. The van der Waals surface area contributed by atoms with Crippen LogP contribution in [0.1, 0.15) is 5.69 Å². The maximum absolute atomic E-state index is 13.4. The van der Waals surface area contributed by atoms with Crippen molar-refractivity contribution in [1.82, 2.24) is 9.78 Å². The summed E-state index contributed by atoms with van der Waals surface area (Å²) in [5, 5.41) is 12.4. The first-order chi connectivity index (χ1) is 8.43. The number of carbonyl (C=O) groups is 1. The Balaban J connectivity index is 2.49. The van der Waals surface area contributed by atoms with Crippen LogP contribution in [0.15, 0.2) is 36.4 Å². The Hall–Kier alpha value is -2.24. The number of aromatic nitrogens is 2. The number of rotatable bonds is 3. The highest BCUT2D eigenvalue weighted by Crippen LogP contribution is 2.30. The molecule has 94 valence electrons. The number of hydrogen-bond acceptors (Lipinski definition) is 2. The number of alkyl halides is 2. The zero-order valence-electron chi connectivity index (χ0n) is 9.47. The molecule has 0 spiro atoms. The first-order valence-corrected chi connectivity index (χ1v) is 5.14. The van der Waals surface area contributed by atoms with E-state index in [-0.39, 0.29) is 0 Å². The van der Waals surface area contributed by atoms with Gasteiger partial charge in [0.2, 0.25) is 0 Å². The lowest BCUT2D eigenvalue weighted by molar-refractivity contribution is -0.167. The molecule has 0 saturated heterocycles. The Morgan fingerprint density at radius 2 is 1.94 bits per heavy atom. The van der Waals surface area contributed by atoms with E-state index in [0.29, 0.717) is 11.3 Å². The van der Waals surface area contributed by atoms with E-state index in [1.54, 1.807) is 30.3 Å². The van der Waals surface area contributed by atoms with Gasteiger partial charge in [0, 0.05) is 12.6 Å². The molecular weight excluding hydrogens is 242 g/mol. The summed E-state index contributed by atoms with van der Waals surface area (Å²) in [4.78, 5) is 10.5. The third kappa shape index (κ3) is 1.97. The first-order valence-electron chi connectivity index (χ1n) is 5.14. The van der Waals surface area contributed by atoms with Crippen molar-refractivity contribution in [2.45, 2.75) is 5.92 Å². The highest BCUT2D eigenvalue weighted by atomic mass is 19.3. The van der Waals surface area contributed by atoms with Gasteiger partial charge in [-0.05, 0) is 6.07 Å². The van der Waals surface area contributed by atoms with Gasteiger partial charge in [-0.2, -0.15) is 13.9 Å². The maximum Gasteiger partial charge on any atom is 0.383 e. The largest absolute Gasteiger partial charge is 0.476 e. The molecule has 6 heteroatoms. The van der Waals surface area contributed by atoms with Crippen molar-refractivity contribution in [3.63, 3.8) is 0 Å². The number of benzene rings is 1. The van der Waals surface area contributed by atoms with Crippen LogP contribution >= 0.6 is 0 Å². The molecule has 0 atom stereocenters. The Bertz CT molecular complexity index is 579. The van der Waals surface area contributed by atoms with E-state index in [2.05, 4.69) is 5.10 Å². The molecule has 0 amide bonds. The molecule has 0 aliphatic carbocycles. The Morgan fingerprint density at radius 1 is 1.33 bits per heavy atom. The Labute approximate surface area is 101 Å². The second kappa shape index (κ2) is 4.21. The van der Waals surface area contributed by atoms with Crippen molar-refractivity contribution in [2.24, 2.45) is 7.05 Å². The summed E-state index contributed by atoms with van der Waals surface area (Å²) in [6, 6.07) is 9.80. The van der Waals surface area contributed by atoms with E-state index in [0.717, 1.165) is 10.7 Å². The van der Waals surface area contributed by atoms with E-state index in [1.807, 2.05) is 0 Å². The quantitative estimate of drug-likeness (QED) is 0.911. The molecule has 0 unspecified atom stereocenters. The Kier molecular flexibility index (Phi) is 2.86. The predicted molar refractivity (Wildman–Crippen MR) is 60.2 cm³/mol. The fourth-order valence-electron chi connectivity index (χ4n) is 1.62. The highest BCUT2D eigenvalue weighted by Gasteiger charge is 2.44. The third-order valence-corrected chi connectivity index (χ3v) is 2.54. The van der Waals surface area contributed by atoms with Crippen molar-refractivity contribution in [2.75, 3.05) is 0 Å². The molecule has 0 aliphatic rings. The second-order valence-corrected chi connectivity index (χ2v) is 3.78. The second-order valence-electron chi connectivity index (χ2n) is 3.78. The molecule has 1 N–H and O–H groups in total. The topological polar surface area (TPSA) is 55.1 Å². The molecule has 1 aromatic heterocycles. The van der Waals surface area contributed by atoms with Gasteiger partial charge in [-0.3, -0.25) is 4.68 Å². The minimum absolute atomic E-state index is 0.314. The molecular formula is C12H10F2N2O2. The first kappa shape index (κ1) is 12.2. The monoisotopic (exact) mass is 252 g/mol. The summed E-state index contributed by atoms with van der Waals surface area (Å²) in [5.74, 6) is -6.14. The maximum atomic E-state index is 13.4. The van der Waals surface area contributed by atoms with Crippen molar-refractivity contribution < 1.29 is 18.7 Å². The van der Waals surface area contributed by atoms with Crippen LogP contribution in [0.25, 0.3) is 11.3 Å². The number of carboxylic acids is 1. The molecule has 0 aliphatic heterocycles. The smallest absolute Gasteiger partial charge is 0.383 e. The number of aliphatic carboxylic acids is 1. The van der Waals surface area contributed by atoms with E-state index in [4.69, 9.17) is 5.11 Å². The number of carboxylic acid groups (broad SMARTS) is 1. The van der Waals surface area contributed by atoms with Crippen LogP contribution in [-0.2, 0) is 17.8 Å². The van der Waals surface area contributed by atoms with Gasteiger partial charge in [0.1, 0.15) is 5.69 Å². The zero-order valence-corrected chi connectivity index (χ0v) is 9.47. The fraction of sp³-hybridized carbons (Fsp3) is 0.167. The normalized spacial score (nSPS) is 11.5. The van der Waals surface area contributed by atoms with E-state index in [1.165, 1.54) is 7.05 Å². The minimum atomic E-state index is -3.95. The van der Waals surface area contributed by atoms with Gasteiger partial charge >= 0.3 is 11.9 Å². The van der Waals surface area contributed by atoms with Crippen molar-refractivity contribution in [1.29, 1.82) is 0 Å². The van der Waals surface area contributed by atoms with Crippen LogP contribution in [0.5, 0.6) is 0 Å². The molecule has 1 aromatic carbocycles. The Morgan fingerprint density at radius 3 is 2.50 bits per heavy atom. The molecule has 0 bridgehead atoms. The van der Waals surface area contributed by atoms with Crippen LogP contribution in [0.3, 0.4) is 0 Å². The number of nitrogens with zero attached hydrogens (tertiary/aromatic N) is 2. The molecule has 1 heterocycles. The van der Waals surface area contributed by atoms with Crippen molar-refractivity contribution in [3.8, 4) is 11.3 Å². The summed E-state index contributed by atoms with van der Waals surface area (Å²) in [6.45, 7) is 0. The third-order valence-electron chi connectivity index (χ3n) is 2.54. The molecule has 0 fully saturated rings. The van der Waals surface area contributed by atoms with Gasteiger partial charge in [-0.1, -0.05) is 30.3 Å². The number of halogens is 2. The summed E-state index contributed by atoms with van der Waals surface area (Å²) in [5.41, 5.74) is 0.323. The highest BCUT2D eigenvalue weighted by molar-refractivity contribution is 5.77. The fourth-order valence-corrected chi connectivity index (χ4v) is 1.62. The van der Waals surface area contributed by atoms with Gasteiger partial charge in [0.25, 0.3) is 0 Å². The van der Waals surface area contributed by atoms with E-state index in [9.17, 15) is 13.6 Å². The number of aryl methyl sites for hydroxylation is 1. The van der Waals surface area contributed by atoms with Crippen LogP contribution in [0, 0.1) is 0 Å². The lowest BCUT2D eigenvalue weighted by Crippen LogP contribution is -2.27. The molecule has 18 heavy (non-hydrogen) atoms. The predicted octanol–water partition coefficient (Wildman–Crippen LogP) is 2.26. The lowest BCUT2D eigenvalue weighted by Gasteiger charge is -2.10. The zero-order chi connectivity index (χ0) is 13.3. The SMILES string of the molecule is Cn1nc(-c2ccccc2)cc1C(F)(F)C(=O)O. The van der Waals surface area contributed by atoms with E-state index >= 15 is 0 Å². The summed E-state index contributed by atoms with van der Waals surface area (Å²) in [7, 11) is 1.29. The minimum Gasteiger partial charge on any atom is -0.476 e. The average Bonchev–Trinajstić information content (AvgIpc) is 2.73. The molecule has 4 nitrogen and oxygen atoms in total. The summed E-state index contributed by atoms with van der Waals surface area (Å²) >= 11 is 0. The average molecular weight is 252 g/mol. The summed E-state index contributed by atoms with van der Waals surface area (Å²) in [6.07, 6.45) is 0. The van der Waals surface area contributed by atoms with Crippen LogP contribution in [-0.4, -0.2) is 20.9 Å². The van der Waals surface area contributed by atoms with Crippen molar-refractivity contribution >= 4 is 5.97 Å². The van der Waals surface area contributed by atoms with Gasteiger partial charge in [0.15, 0.2) is 0 Å². The van der Waals surface area contributed by atoms with Gasteiger partial charge in [-0.15, -0.1) is 0 Å². The van der Waals surface area contributed by atoms with Crippen LogP contribution < -0.4 is 0 Å². The molecule has 2 rings (SSSR count). The van der Waals surface area contributed by atoms with Gasteiger partial charge in [-0.25, -0.2) is 4.79 Å². The molecule has 2 aromatic rings. The summed E-state index contributed by atoms with van der Waals surface area (Å²) < 4.78 is 27.7. The lowest BCUT2D eigenvalue weighted by atomic mass is 10.1. The van der Waals surface area contributed by atoms with Crippen LogP contribution in [0.4, 0.5) is 8.78 Å². The molecule has 0 saturated carbocycles. The standard InChI is InChI=1S/C12H10F2N2O2/c1-16-10(12(13,14)11(17)18)7-9(15-16)8-5-3-2-4-6-8/h2-7H,1H3,(H,17,18).